The summed E-state index contributed by atoms with van der Waals surface area (Å²) in [5.41, 5.74) is 1.01. The van der Waals surface area contributed by atoms with Gasteiger partial charge in [-0.1, -0.05) is 19.9 Å². The summed E-state index contributed by atoms with van der Waals surface area (Å²) in [6.07, 6.45) is 13.1. The van der Waals surface area contributed by atoms with Crippen molar-refractivity contribution in [1.29, 1.82) is 0 Å². The van der Waals surface area contributed by atoms with E-state index in [1.54, 1.807) is 25.4 Å². The topological polar surface area (TPSA) is 84.4 Å². The molecule has 0 aromatic carbocycles. The molecule has 3 aliphatic carbocycles. The van der Waals surface area contributed by atoms with Crippen molar-refractivity contribution in [2.75, 3.05) is 19.5 Å². The molecule has 1 N–H and O–H groups in total. The van der Waals surface area contributed by atoms with Crippen molar-refractivity contribution in [1.82, 2.24) is 14.9 Å². The van der Waals surface area contributed by atoms with Gasteiger partial charge in [-0.25, -0.2) is 9.97 Å². The number of methoxy groups -OCH3 is 1. The first-order valence-corrected chi connectivity index (χ1v) is 12.8. The van der Waals surface area contributed by atoms with Gasteiger partial charge in [0.15, 0.2) is 0 Å². The normalized spacial score (nSPS) is 38.8. The highest BCUT2D eigenvalue weighted by molar-refractivity contribution is 5.89. The molecule has 0 saturated heterocycles. The lowest BCUT2D eigenvalue weighted by molar-refractivity contribution is -0.139. The molecule has 7 nitrogen and oxygen atoms in total. The van der Waals surface area contributed by atoms with Crippen molar-refractivity contribution in [3.05, 3.63) is 30.1 Å². The molecular weight excluding hydrogens is 428 g/mol. The molecule has 3 saturated carbocycles. The number of rotatable bonds is 5. The van der Waals surface area contributed by atoms with E-state index in [0.717, 1.165) is 25.0 Å². The molecule has 184 valence electrons. The Balaban J connectivity index is 1.28. The molecule has 1 aliphatic heterocycles. The molecule has 1 aromatic heterocycles. The van der Waals surface area contributed by atoms with Gasteiger partial charge in [-0.3, -0.25) is 14.9 Å². The van der Waals surface area contributed by atoms with Crippen LogP contribution in [0, 0.1) is 34.5 Å². The Labute approximate surface area is 202 Å². The lowest BCUT2D eigenvalue weighted by Crippen LogP contribution is -2.59. The number of aromatic nitrogens is 2. The van der Waals surface area contributed by atoms with Gasteiger partial charge >= 0.3 is 0 Å². The lowest BCUT2D eigenvalue weighted by Gasteiger charge is -2.60. The van der Waals surface area contributed by atoms with Crippen molar-refractivity contribution in [2.24, 2.45) is 34.5 Å². The summed E-state index contributed by atoms with van der Waals surface area (Å²) in [5, 5.41) is 2.93. The van der Waals surface area contributed by atoms with Crippen LogP contribution >= 0.6 is 0 Å². The number of carbonyl (C=O) groups excluding carboxylic acids is 2. The number of hydrogen-bond donors (Lipinski definition) is 1. The number of fused-ring (bicyclic) bond motifs is 5. The third-order valence-corrected chi connectivity index (χ3v) is 10.0. The molecule has 0 spiro atoms. The van der Waals surface area contributed by atoms with Gasteiger partial charge in [0, 0.05) is 38.2 Å². The quantitative estimate of drug-likeness (QED) is 0.703. The predicted molar refractivity (Wildman–Crippen MR) is 130 cm³/mol. The van der Waals surface area contributed by atoms with Crippen LogP contribution < -0.4 is 5.32 Å². The van der Waals surface area contributed by atoms with Crippen LogP contribution in [0.15, 0.2) is 24.4 Å². The van der Waals surface area contributed by atoms with Gasteiger partial charge in [0.1, 0.15) is 0 Å². The molecule has 1 aromatic rings. The fourth-order valence-electron chi connectivity index (χ4n) is 8.27. The third kappa shape index (κ3) is 3.76. The number of likely N-dealkylation sites (N-methyl/N-ethyl adjacent to an activating group) is 1. The van der Waals surface area contributed by atoms with Gasteiger partial charge in [0.05, 0.1) is 12.3 Å². The van der Waals surface area contributed by atoms with Gasteiger partial charge in [-0.15, -0.1) is 0 Å². The molecule has 34 heavy (non-hydrogen) atoms. The smallest absolute Gasteiger partial charge is 0.246 e. The predicted octanol–water partition coefficient (Wildman–Crippen LogP) is 4.21. The van der Waals surface area contributed by atoms with Crippen molar-refractivity contribution in [3.63, 3.8) is 0 Å². The van der Waals surface area contributed by atoms with Gasteiger partial charge < -0.3 is 9.64 Å². The lowest BCUT2D eigenvalue weighted by atomic mass is 9.47. The Bertz CT molecular complexity index is 996. The highest BCUT2D eigenvalue weighted by Gasteiger charge is 2.60. The van der Waals surface area contributed by atoms with Gasteiger partial charge in [0.2, 0.25) is 17.8 Å². The van der Waals surface area contributed by atoms with Crippen LogP contribution in [-0.2, 0) is 20.9 Å². The first-order valence-electron chi connectivity index (χ1n) is 12.8. The summed E-state index contributed by atoms with van der Waals surface area (Å²) in [6, 6.07) is 2.11. The highest BCUT2D eigenvalue weighted by Crippen LogP contribution is 2.65. The van der Waals surface area contributed by atoms with Crippen molar-refractivity contribution < 1.29 is 14.3 Å². The maximum Gasteiger partial charge on any atom is 0.246 e. The molecule has 7 heteroatoms. The minimum atomic E-state index is 0.00888. The Morgan fingerprint density at radius 3 is 2.82 bits per heavy atom. The Morgan fingerprint density at radius 1 is 1.21 bits per heavy atom. The molecule has 2 heterocycles. The van der Waals surface area contributed by atoms with E-state index >= 15 is 0 Å². The van der Waals surface area contributed by atoms with Gasteiger partial charge in [-0.2, -0.15) is 0 Å². The summed E-state index contributed by atoms with van der Waals surface area (Å²) in [5.74, 6) is 2.84. The maximum atomic E-state index is 13.0. The SMILES string of the molecule is COCc1ccnc(NC(=O)C[C@H]2CC[C@H]3[C@@H]4CC[C@H]5N(C)C(=O)C=C[C@]5(C)[C@H]4CC[C@]23C)n1. The Kier molecular flexibility index (Phi) is 6.03. The summed E-state index contributed by atoms with van der Waals surface area (Å²) >= 11 is 0. The molecule has 2 amide bonds. The van der Waals surface area contributed by atoms with Crippen molar-refractivity contribution in [3.8, 4) is 0 Å². The average molecular weight is 467 g/mol. The minimum absolute atomic E-state index is 0.00888. The van der Waals surface area contributed by atoms with Crippen LogP contribution in [0.5, 0.6) is 0 Å². The standard InChI is InChI=1S/C27H38N4O3/c1-26-12-9-21-19(6-8-22-27(21,2)13-10-24(33)31(22)3)20(26)7-5-17(26)15-23(32)30-25-28-14-11-18(29-25)16-34-4/h10-11,13-14,17,19-22H,5-9,12,15-16H2,1-4H3,(H,28,29,30,32)/t17-,19+,20+,21+,22-,26-,27-/m1/s1. The first kappa shape index (κ1) is 23.5. The largest absolute Gasteiger partial charge is 0.378 e. The van der Waals surface area contributed by atoms with Crippen LogP contribution in [-0.4, -0.2) is 46.9 Å². The number of nitrogens with one attached hydrogen (secondary N) is 1. The second-order valence-electron chi connectivity index (χ2n) is 11.5. The van der Waals surface area contributed by atoms with E-state index in [0.29, 0.717) is 48.7 Å². The summed E-state index contributed by atoms with van der Waals surface area (Å²) in [4.78, 5) is 35.9. The van der Waals surface area contributed by atoms with Crippen LogP contribution in [0.3, 0.4) is 0 Å². The number of carbonyl (C=O) groups is 2. The summed E-state index contributed by atoms with van der Waals surface area (Å²) in [6.45, 7) is 5.22. The van der Waals surface area contributed by atoms with E-state index < -0.39 is 0 Å². The maximum absolute atomic E-state index is 13.0. The van der Waals surface area contributed by atoms with Crippen molar-refractivity contribution >= 4 is 17.8 Å². The van der Waals surface area contributed by atoms with Gasteiger partial charge in [-0.05, 0) is 79.8 Å². The molecular formula is C27H38N4O3. The molecule has 0 unspecified atom stereocenters. The second kappa shape index (κ2) is 8.74. The third-order valence-electron chi connectivity index (χ3n) is 10.0. The van der Waals surface area contributed by atoms with Crippen LogP contribution in [0.1, 0.15) is 64.5 Å². The Morgan fingerprint density at radius 2 is 2.03 bits per heavy atom. The number of nitrogens with zero attached hydrogens (tertiary/aromatic N) is 3. The first-order chi connectivity index (χ1) is 16.3. The highest BCUT2D eigenvalue weighted by atomic mass is 16.5. The molecule has 7 atom stereocenters. The minimum Gasteiger partial charge on any atom is -0.378 e. The number of amides is 2. The average Bonchev–Trinajstić information content (AvgIpc) is 3.13. The fraction of sp³-hybridized carbons (Fsp3) is 0.704. The van der Waals surface area contributed by atoms with E-state index in [-0.39, 0.29) is 22.6 Å². The number of anilines is 1. The van der Waals surface area contributed by atoms with Gasteiger partial charge in [0.25, 0.3) is 0 Å². The molecule has 4 aliphatic rings. The Hall–Kier alpha value is -2.28. The van der Waals surface area contributed by atoms with Crippen LogP contribution in [0.4, 0.5) is 5.95 Å². The molecule has 3 fully saturated rings. The zero-order chi connectivity index (χ0) is 24.1. The summed E-state index contributed by atoms with van der Waals surface area (Å²) in [7, 11) is 3.60. The van der Waals surface area contributed by atoms with E-state index in [4.69, 9.17) is 4.74 Å². The molecule has 5 rings (SSSR count). The van der Waals surface area contributed by atoms with E-state index in [1.807, 2.05) is 11.9 Å². The zero-order valence-electron chi connectivity index (χ0n) is 20.9. The molecule has 0 radical (unpaired) electrons. The van der Waals surface area contributed by atoms with E-state index in [2.05, 4.69) is 35.2 Å². The summed E-state index contributed by atoms with van der Waals surface area (Å²) < 4.78 is 5.14. The monoisotopic (exact) mass is 466 g/mol. The van der Waals surface area contributed by atoms with E-state index in [9.17, 15) is 9.59 Å². The molecule has 0 bridgehead atoms. The zero-order valence-corrected chi connectivity index (χ0v) is 20.9. The van der Waals surface area contributed by atoms with Crippen molar-refractivity contribution in [2.45, 2.75) is 71.4 Å². The number of ether oxygens (including phenoxy) is 1. The second-order valence-corrected chi connectivity index (χ2v) is 11.5. The van der Waals surface area contributed by atoms with Crippen LogP contribution in [0.25, 0.3) is 0 Å². The van der Waals surface area contributed by atoms with Crippen LogP contribution in [0.2, 0.25) is 0 Å². The fourth-order valence-corrected chi connectivity index (χ4v) is 8.27. The number of hydrogen-bond acceptors (Lipinski definition) is 5. The van der Waals surface area contributed by atoms with E-state index in [1.165, 1.54) is 19.3 Å².